The van der Waals surface area contributed by atoms with Crippen LogP contribution in [0.2, 0.25) is 0 Å². The largest absolute Gasteiger partial charge is 0.272 e. The van der Waals surface area contributed by atoms with Gasteiger partial charge in [0.2, 0.25) is 0 Å². The van der Waals surface area contributed by atoms with Crippen molar-refractivity contribution in [3.05, 3.63) is 102 Å². The Morgan fingerprint density at radius 2 is 1.54 bits per heavy atom. The van der Waals surface area contributed by atoms with Gasteiger partial charge in [0.1, 0.15) is 0 Å². The lowest BCUT2D eigenvalue weighted by atomic mass is 9.91. The SMILES string of the molecule is O=C(NN=Cc1cccnc1)C(c1ccccc1)c1ccccc1. The van der Waals surface area contributed by atoms with Crippen molar-refractivity contribution < 1.29 is 4.79 Å². The lowest BCUT2D eigenvalue weighted by Crippen LogP contribution is -2.26. The third kappa shape index (κ3) is 3.93. The summed E-state index contributed by atoms with van der Waals surface area (Å²) in [7, 11) is 0. The summed E-state index contributed by atoms with van der Waals surface area (Å²) in [5.74, 6) is -0.578. The standard InChI is InChI=1S/C20H17N3O/c24-20(23-22-15-16-8-7-13-21-14-16)19(17-9-3-1-4-10-17)18-11-5-2-6-12-18/h1-15,19H,(H,23,24). The van der Waals surface area contributed by atoms with Crippen molar-refractivity contribution in [2.24, 2.45) is 5.10 Å². The molecule has 0 fully saturated rings. The molecule has 1 N–H and O–H groups in total. The summed E-state index contributed by atoms with van der Waals surface area (Å²) in [6.07, 6.45) is 4.95. The van der Waals surface area contributed by atoms with Crippen LogP contribution in [0.5, 0.6) is 0 Å². The maximum absolute atomic E-state index is 12.7. The van der Waals surface area contributed by atoms with Crippen LogP contribution in [0.15, 0.2) is 90.3 Å². The van der Waals surface area contributed by atoms with Crippen molar-refractivity contribution in [3.8, 4) is 0 Å². The molecule has 0 aliphatic heterocycles. The van der Waals surface area contributed by atoms with Gasteiger partial charge in [-0.25, -0.2) is 5.43 Å². The lowest BCUT2D eigenvalue weighted by molar-refractivity contribution is -0.121. The molecule has 1 amide bonds. The first-order valence-corrected chi connectivity index (χ1v) is 7.67. The number of nitrogens with zero attached hydrogens (tertiary/aromatic N) is 2. The zero-order valence-corrected chi connectivity index (χ0v) is 13.0. The highest BCUT2D eigenvalue weighted by atomic mass is 16.2. The average molecular weight is 315 g/mol. The summed E-state index contributed by atoms with van der Waals surface area (Å²) in [5.41, 5.74) is 5.32. The van der Waals surface area contributed by atoms with Crippen molar-refractivity contribution in [1.29, 1.82) is 0 Å². The molecule has 0 aliphatic carbocycles. The van der Waals surface area contributed by atoms with E-state index in [2.05, 4.69) is 15.5 Å². The Kier molecular flexibility index (Phi) is 5.10. The van der Waals surface area contributed by atoms with E-state index in [1.165, 1.54) is 0 Å². The summed E-state index contributed by atoms with van der Waals surface area (Å²) in [6.45, 7) is 0. The van der Waals surface area contributed by atoms with Gasteiger partial charge in [-0.2, -0.15) is 5.10 Å². The van der Waals surface area contributed by atoms with E-state index in [0.717, 1.165) is 16.7 Å². The minimum Gasteiger partial charge on any atom is -0.272 e. The number of benzene rings is 2. The van der Waals surface area contributed by atoms with Crippen molar-refractivity contribution in [3.63, 3.8) is 0 Å². The number of hydrogen-bond acceptors (Lipinski definition) is 3. The first-order chi connectivity index (χ1) is 11.8. The molecule has 0 saturated heterocycles. The Balaban J connectivity index is 1.81. The number of hydrogen-bond donors (Lipinski definition) is 1. The van der Waals surface area contributed by atoms with Crippen molar-refractivity contribution in [2.45, 2.75) is 5.92 Å². The van der Waals surface area contributed by atoms with Gasteiger partial charge in [-0.15, -0.1) is 0 Å². The van der Waals surface area contributed by atoms with E-state index < -0.39 is 5.92 Å². The van der Waals surface area contributed by atoms with Gasteiger partial charge in [0.15, 0.2) is 0 Å². The molecule has 4 heteroatoms. The van der Waals surface area contributed by atoms with E-state index in [4.69, 9.17) is 0 Å². The third-order valence-corrected chi connectivity index (χ3v) is 3.60. The Hall–Kier alpha value is -3.27. The zero-order chi connectivity index (χ0) is 16.6. The molecule has 0 aliphatic rings. The van der Waals surface area contributed by atoms with Crippen molar-refractivity contribution in [1.82, 2.24) is 10.4 Å². The van der Waals surface area contributed by atoms with Gasteiger partial charge in [0.05, 0.1) is 12.1 Å². The van der Waals surface area contributed by atoms with Crippen LogP contribution >= 0.6 is 0 Å². The Labute approximate surface area is 140 Å². The summed E-state index contributed by atoms with van der Waals surface area (Å²) < 4.78 is 0. The fraction of sp³-hybridized carbons (Fsp3) is 0.0500. The summed E-state index contributed by atoms with van der Waals surface area (Å²) >= 11 is 0. The fourth-order valence-corrected chi connectivity index (χ4v) is 2.47. The van der Waals surface area contributed by atoms with E-state index in [0.29, 0.717) is 0 Å². The maximum Gasteiger partial charge on any atom is 0.252 e. The van der Waals surface area contributed by atoms with Gasteiger partial charge < -0.3 is 0 Å². The molecular weight excluding hydrogens is 298 g/mol. The quantitative estimate of drug-likeness (QED) is 0.580. The summed E-state index contributed by atoms with van der Waals surface area (Å²) in [5, 5.41) is 4.05. The number of amides is 1. The average Bonchev–Trinajstić information content (AvgIpc) is 2.65. The highest BCUT2D eigenvalue weighted by Crippen LogP contribution is 2.24. The molecule has 0 unspecified atom stereocenters. The highest BCUT2D eigenvalue weighted by Gasteiger charge is 2.21. The molecule has 1 heterocycles. The monoisotopic (exact) mass is 315 g/mol. The second kappa shape index (κ2) is 7.83. The zero-order valence-electron chi connectivity index (χ0n) is 13.0. The van der Waals surface area contributed by atoms with Crippen LogP contribution in [0.25, 0.3) is 0 Å². The minimum atomic E-state index is -0.404. The second-order valence-electron chi connectivity index (χ2n) is 5.27. The molecule has 1 aromatic heterocycles. The predicted octanol–water partition coefficient (Wildman–Crippen LogP) is 3.36. The van der Waals surface area contributed by atoms with E-state index in [-0.39, 0.29) is 5.91 Å². The predicted molar refractivity (Wildman–Crippen MR) is 94.7 cm³/mol. The van der Waals surface area contributed by atoms with E-state index >= 15 is 0 Å². The van der Waals surface area contributed by atoms with Crippen molar-refractivity contribution in [2.75, 3.05) is 0 Å². The normalized spacial score (nSPS) is 10.9. The number of rotatable bonds is 5. The Morgan fingerprint density at radius 1 is 0.917 bits per heavy atom. The van der Waals surface area contributed by atoms with Crippen LogP contribution in [0.4, 0.5) is 0 Å². The van der Waals surface area contributed by atoms with Gasteiger partial charge in [-0.3, -0.25) is 9.78 Å². The first kappa shape index (κ1) is 15.6. The number of carbonyl (C=O) groups excluding carboxylic acids is 1. The number of nitrogens with one attached hydrogen (secondary N) is 1. The number of carbonyl (C=O) groups is 1. The second-order valence-corrected chi connectivity index (χ2v) is 5.27. The van der Waals surface area contributed by atoms with Crippen LogP contribution in [0.1, 0.15) is 22.6 Å². The number of hydrazone groups is 1. The minimum absolute atomic E-state index is 0.174. The van der Waals surface area contributed by atoms with Gasteiger partial charge in [0, 0.05) is 18.0 Å². The molecule has 118 valence electrons. The molecular formula is C20H17N3O. The molecule has 3 aromatic rings. The molecule has 2 aromatic carbocycles. The highest BCUT2D eigenvalue weighted by molar-refractivity contribution is 5.88. The van der Waals surface area contributed by atoms with Crippen LogP contribution in [-0.4, -0.2) is 17.1 Å². The molecule has 3 rings (SSSR count). The molecule has 24 heavy (non-hydrogen) atoms. The van der Waals surface area contributed by atoms with Gasteiger partial charge >= 0.3 is 0 Å². The van der Waals surface area contributed by atoms with Crippen LogP contribution < -0.4 is 5.43 Å². The third-order valence-electron chi connectivity index (χ3n) is 3.60. The first-order valence-electron chi connectivity index (χ1n) is 7.67. The molecule has 4 nitrogen and oxygen atoms in total. The molecule has 0 radical (unpaired) electrons. The van der Waals surface area contributed by atoms with Gasteiger partial charge in [-0.1, -0.05) is 66.7 Å². The maximum atomic E-state index is 12.7. The Bertz CT molecular complexity index is 763. The summed E-state index contributed by atoms with van der Waals surface area (Å²) in [4.78, 5) is 16.7. The van der Waals surface area contributed by atoms with Gasteiger partial charge in [-0.05, 0) is 17.2 Å². The topological polar surface area (TPSA) is 54.4 Å². The molecule has 0 spiro atoms. The fourth-order valence-electron chi connectivity index (χ4n) is 2.47. The molecule has 0 bridgehead atoms. The van der Waals surface area contributed by atoms with E-state index in [1.54, 1.807) is 18.6 Å². The lowest BCUT2D eigenvalue weighted by Gasteiger charge is -2.16. The van der Waals surface area contributed by atoms with Crippen molar-refractivity contribution >= 4 is 12.1 Å². The Morgan fingerprint density at radius 3 is 2.08 bits per heavy atom. The van der Waals surface area contributed by atoms with E-state index in [1.807, 2.05) is 72.8 Å². The van der Waals surface area contributed by atoms with Gasteiger partial charge in [0.25, 0.3) is 5.91 Å². The summed E-state index contributed by atoms with van der Waals surface area (Å²) in [6, 6.07) is 23.1. The molecule has 0 atom stereocenters. The molecule has 0 saturated carbocycles. The van der Waals surface area contributed by atoms with Crippen LogP contribution in [-0.2, 0) is 4.79 Å². The number of aromatic nitrogens is 1. The van der Waals surface area contributed by atoms with E-state index in [9.17, 15) is 4.79 Å². The smallest absolute Gasteiger partial charge is 0.252 e. The van der Waals surface area contributed by atoms with Crippen LogP contribution in [0, 0.1) is 0 Å². The number of pyridine rings is 1. The van der Waals surface area contributed by atoms with Crippen LogP contribution in [0.3, 0.4) is 0 Å².